The smallest absolute Gasteiger partial charge is 0.227 e. The van der Waals surface area contributed by atoms with Gasteiger partial charge < -0.3 is 4.90 Å². The number of halogens is 1. The Balaban J connectivity index is 2.63. The second kappa shape index (κ2) is 5.16. The van der Waals surface area contributed by atoms with Gasteiger partial charge in [0.15, 0.2) is 0 Å². The summed E-state index contributed by atoms with van der Waals surface area (Å²) in [6.07, 6.45) is 5.26. The molecule has 0 saturated carbocycles. The maximum atomic E-state index is 12.8. The minimum atomic E-state index is -0.333. The first-order valence-corrected chi connectivity index (χ1v) is 4.55. The van der Waals surface area contributed by atoms with E-state index < -0.39 is 0 Å². The van der Waals surface area contributed by atoms with Gasteiger partial charge in [0, 0.05) is 7.05 Å². The maximum Gasteiger partial charge on any atom is 0.227 e. The second-order valence-corrected chi connectivity index (χ2v) is 3.26. The molecule has 0 unspecified atom stereocenters. The van der Waals surface area contributed by atoms with Gasteiger partial charge in [0.2, 0.25) is 5.91 Å². The van der Waals surface area contributed by atoms with Gasteiger partial charge in [0.05, 0.1) is 13.0 Å². The van der Waals surface area contributed by atoms with Crippen molar-refractivity contribution >= 4 is 5.91 Å². The number of terminal acetylenes is 1. The molecule has 1 rings (SSSR count). The lowest BCUT2D eigenvalue weighted by Gasteiger charge is -2.13. The summed E-state index contributed by atoms with van der Waals surface area (Å²) in [5, 5.41) is 0. The predicted octanol–water partition coefficient (Wildman–Crippen LogP) is 1.46. The SMILES string of the molecule is C#CCN(C)C(=O)Cc1cccc(F)c1. The molecule has 0 N–H and O–H groups in total. The number of hydrogen-bond donors (Lipinski definition) is 0. The van der Waals surface area contributed by atoms with Gasteiger partial charge >= 0.3 is 0 Å². The summed E-state index contributed by atoms with van der Waals surface area (Å²) < 4.78 is 12.8. The maximum absolute atomic E-state index is 12.8. The number of amides is 1. The van der Waals surface area contributed by atoms with Crippen LogP contribution in [0.4, 0.5) is 4.39 Å². The lowest BCUT2D eigenvalue weighted by molar-refractivity contribution is -0.128. The highest BCUT2D eigenvalue weighted by Crippen LogP contribution is 2.05. The summed E-state index contributed by atoms with van der Waals surface area (Å²) in [4.78, 5) is 13.0. The number of carbonyl (C=O) groups is 1. The fourth-order valence-electron chi connectivity index (χ4n) is 1.18. The van der Waals surface area contributed by atoms with Crippen molar-refractivity contribution < 1.29 is 9.18 Å². The Bertz CT molecular complexity index is 395. The average Bonchev–Trinajstić information content (AvgIpc) is 2.18. The molecule has 3 heteroatoms. The molecule has 0 spiro atoms. The van der Waals surface area contributed by atoms with Gasteiger partial charge in [0.25, 0.3) is 0 Å². The molecule has 1 amide bonds. The van der Waals surface area contributed by atoms with Crippen LogP contribution in [0.1, 0.15) is 5.56 Å². The molecule has 1 aromatic rings. The molecule has 0 atom stereocenters. The van der Waals surface area contributed by atoms with E-state index >= 15 is 0 Å². The first-order chi connectivity index (χ1) is 7.13. The fourth-order valence-corrected chi connectivity index (χ4v) is 1.18. The first kappa shape index (κ1) is 11.3. The van der Waals surface area contributed by atoms with Crippen LogP contribution in [0.3, 0.4) is 0 Å². The molecule has 15 heavy (non-hydrogen) atoms. The summed E-state index contributed by atoms with van der Waals surface area (Å²) in [7, 11) is 1.63. The second-order valence-electron chi connectivity index (χ2n) is 3.26. The zero-order chi connectivity index (χ0) is 11.3. The Morgan fingerprint density at radius 2 is 2.33 bits per heavy atom. The molecule has 2 nitrogen and oxygen atoms in total. The molecule has 0 bridgehead atoms. The van der Waals surface area contributed by atoms with E-state index in [0.29, 0.717) is 5.56 Å². The van der Waals surface area contributed by atoms with E-state index in [1.807, 2.05) is 0 Å². The van der Waals surface area contributed by atoms with Crippen molar-refractivity contribution in [1.82, 2.24) is 4.90 Å². The van der Waals surface area contributed by atoms with Crippen LogP contribution in [0.15, 0.2) is 24.3 Å². The minimum absolute atomic E-state index is 0.112. The van der Waals surface area contributed by atoms with E-state index in [9.17, 15) is 9.18 Å². The summed E-state index contributed by atoms with van der Waals surface area (Å²) in [5.74, 6) is 1.93. The normalized spacial score (nSPS) is 9.40. The monoisotopic (exact) mass is 205 g/mol. The Labute approximate surface area is 88.7 Å². The predicted molar refractivity (Wildman–Crippen MR) is 56.6 cm³/mol. The van der Waals surface area contributed by atoms with Gasteiger partial charge in [-0.2, -0.15) is 0 Å². The van der Waals surface area contributed by atoms with Gasteiger partial charge in [-0.1, -0.05) is 18.1 Å². The zero-order valence-electron chi connectivity index (χ0n) is 8.53. The molecular formula is C12H12FNO. The lowest BCUT2D eigenvalue weighted by atomic mass is 10.1. The quantitative estimate of drug-likeness (QED) is 0.684. The molecule has 0 aliphatic rings. The standard InChI is InChI=1S/C12H12FNO/c1-3-7-14(2)12(15)9-10-5-4-6-11(13)8-10/h1,4-6,8H,7,9H2,2H3. The summed E-state index contributed by atoms with van der Waals surface area (Å²) >= 11 is 0. The van der Waals surface area contributed by atoms with Crippen molar-refractivity contribution in [3.05, 3.63) is 35.6 Å². The number of rotatable bonds is 3. The summed E-state index contributed by atoms with van der Waals surface area (Å²) in [6.45, 7) is 0.272. The van der Waals surface area contributed by atoms with Crippen molar-refractivity contribution in [1.29, 1.82) is 0 Å². The Morgan fingerprint density at radius 3 is 2.93 bits per heavy atom. The highest BCUT2D eigenvalue weighted by Gasteiger charge is 2.08. The van der Waals surface area contributed by atoms with Crippen LogP contribution < -0.4 is 0 Å². The van der Waals surface area contributed by atoms with Crippen LogP contribution in [0.25, 0.3) is 0 Å². The first-order valence-electron chi connectivity index (χ1n) is 4.55. The molecule has 0 aromatic heterocycles. The van der Waals surface area contributed by atoms with E-state index in [4.69, 9.17) is 6.42 Å². The van der Waals surface area contributed by atoms with Gasteiger partial charge in [-0.05, 0) is 17.7 Å². The van der Waals surface area contributed by atoms with Crippen LogP contribution in [-0.4, -0.2) is 24.4 Å². The lowest BCUT2D eigenvalue weighted by Crippen LogP contribution is -2.28. The molecule has 0 aliphatic carbocycles. The van der Waals surface area contributed by atoms with Crippen molar-refractivity contribution in [2.24, 2.45) is 0 Å². The van der Waals surface area contributed by atoms with E-state index in [0.717, 1.165) is 0 Å². The Hall–Kier alpha value is -1.82. The fraction of sp³-hybridized carbons (Fsp3) is 0.250. The highest BCUT2D eigenvalue weighted by atomic mass is 19.1. The van der Waals surface area contributed by atoms with E-state index in [2.05, 4.69) is 5.92 Å². The van der Waals surface area contributed by atoms with Crippen molar-refractivity contribution in [3.8, 4) is 12.3 Å². The molecular weight excluding hydrogens is 193 g/mol. The average molecular weight is 205 g/mol. The number of benzene rings is 1. The molecule has 0 radical (unpaired) electrons. The van der Waals surface area contributed by atoms with Gasteiger partial charge in [-0.25, -0.2) is 4.39 Å². The number of likely N-dealkylation sites (N-methyl/N-ethyl adjacent to an activating group) is 1. The van der Waals surface area contributed by atoms with Gasteiger partial charge in [-0.15, -0.1) is 6.42 Å². The van der Waals surface area contributed by atoms with E-state index in [1.54, 1.807) is 19.2 Å². The zero-order valence-corrected chi connectivity index (χ0v) is 8.53. The third-order valence-corrected chi connectivity index (χ3v) is 2.00. The Morgan fingerprint density at radius 1 is 1.60 bits per heavy atom. The van der Waals surface area contributed by atoms with Crippen LogP contribution in [0.2, 0.25) is 0 Å². The molecule has 0 heterocycles. The summed E-state index contributed by atoms with van der Waals surface area (Å²) in [6, 6.07) is 5.99. The molecule has 0 aliphatic heterocycles. The van der Waals surface area contributed by atoms with E-state index in [-0.39, 0.29) is 24.7 Å². The highest BCUT2D eigenvalue weighted by molar-refractivity contribution is 5.78. The van der Waals surface area contributed by atoms with Gasteiger partial charge in [0.1, 0.15) is 5.82 Å². The Kier molecular flexibility index (Phi) is 3.87. The van der Waals surface area contributed by atoms with E-state index in [1.165, 1.54) is 17.0 Å². The van der Waals surface area contributed by atoms with Crippen LogP contribution in [0.5, 0.6) is 0 Å². The third-order valence-electron chi connectivity index (χ3n) is 2.00. The van der Waals surface area contributed by atoms with Crippen molar-refractivity contribution in [2.45, 2.75) is 6.42 Å². The largest absolute Gasteiger partial charge is 0.334 e. The summed E-state index contributed by atoms with van der Waals surface area (Å²) in [5.41, 5.74) is 0.656. The number of carbonyl (C=O) groups excluding carboxylic acids is 1. The van der Waals surface area contributed by atoms with Crippen molar-refractivity contribution in [3.63, 3.8) is 0 Å². The van der Waals surface area contributed by atoms with Gasteiger partial charge in [-0.3, -0.25) is 4.79 Å². The number of nitrogens with zero attached hydrogens (tertiary/aromatic N) is 1. The topological polar surface area (TPSA) is 20.3 Å². The molecule has 78 valence electrons. The van der Waals surface area contributed by atoms with Crippen molar-refractivity contribution in [2.75, 3.05) is 13.6 Å². The van der Waals surface area contributed by atoms with Crippen LogP contribution in [-0.2, 0) is 11.2 Å². The molecule has 0 fully saturated rings. The van der Waals surface area contributed by atoms with Crippen LogP contribution >= 0.6 is 0 Å². The third kappa shape index (κ3) is 3.43. The van der Waals surface area contributed by atoms with Crippen LogP contribution in [0, 0.1) is 18.2 Å². The molecule has 0 saturated heterocycles. The number of hydrogen-bond acceptors (Lipinski definition) is 1. The minimum Gasteiger partial charge on any atom is -0.334 e. The molecule has 1 aromatic carbocycles.